The first-order valence-corrected chi connectivity index (χ1v) is 6.23. The predicted molar refractivity (Wildman–Crippen MR) is 67.2 cm³/mol. The molecule has 0 saturated heterocycles. The Morgan fingerprint density at radius 3 is 3.00 bits per heavy atom. The van der Waals surface area contributed by atoms with Crippen LogP contribution >= 0.6 is 0 Å². The summed E-state index contributed by atoms with van der Waals surface area (Å²) in [7, 11) is 0. The van der Waals surface area contributed by atoms with Crippen LogP contribution in [0, 0.1) is 11.7 Å². The van der Waals surface area contributed by atoms with Crippen molar-refractivity contribution in [3.63, 3.8) is 0 Å². The molecule has 17 heavy (non-hydrogen) atoms. The summed E-state index contributed by atoms with van der Waals surface area (Å²) in [4.78, 5) is 4.05. The van der Waals surface area contributed by atoms with Gasteiger partial charge in [0.25, 0.3) is 0 Å². The highest BCUT2D eigenvalue weighted by Gasteiger charge is 2.33. The molecule has 0 aliphatic heterocycles. The van der Waals surface area contributed by atoms with E-state index in [1.165, 1.54) is 25.1 Å². The number of nitrogens with zero attached hydrogens (tertiary/aromatic N) is 1. The van der Waals surface area contributed by atoms with Gasteiger partial charge >= 0.3 is 0 Å². The van der Waals surface area contributed by atoms with Crippen LogP contribution in [0.3, 0.4) is 0 Å². The van der Waals surface area contributed by atoms with E-state index in [4.69, 9.17) is 5.73 Å². The molecular weight excluding hydrogens is 217 g/mol. The minimum Gasteiger partial charge on any atom is -0.363 e. The van der Waals surface area contributed by atoms with Gasteiger partial charge in [0, 0.05) is 6.54 Å². The number of hydrogen-bond donors (Lipinski definition) is 2. The van der Waals surface area contributed by atoms with Crippen molar-refractivity contribution in [2.75, 3.05) is 11.9 Å². The summed E-state index contributed by atoms with van der Waals surface area (Å²) in [6.07, 6.45) is 5.81. The summed E-state index contributed by atoms with van der Waals surface area (Å²) < 4.78 is 12.8. The third kappa shape index (κ3) is 2.94. The van der Waals surface area contributed by atoms with Crippen LogP contribution in [-0.4, -0.2) is 17.1 Å². The van der Waals surface area contributed by atoms with Crippen molar-refractivity contribution in [3.8, 4) is 0 Å². The molecule has 1 aliphatic carbocycles. The van der Waals surface area contributed by atoms with Crippen molar-refractivity contribution in [2.24, 2.45) is 11.7 Å². The van der Waals surface area contributed by atoms with Gasteiger partial charge in [-0.1, -0.05) is 19.8 Å². The smallest absolute Gasteiger partial charge is 0.141 e. The molecule has 0 spiro atoms. The fourth-order valence-electron chi connectivity index (χ4n) is 2.73. The number of hydrogen-bond acceptors (Lipinski definition) is 3. The van der Waals surface area contributed by atoms with Crippen molar-refractivity contribution in [2.45, 2.75) is 38.1 Å². The van der Waals surface area contributed by atoms with Crippen molar-refractivity contribution in [1.82, 2.24) is 4.98 Å². The Hall–Kier alpha value is -1.16. The average molecular weight is 237 g/mol. The standard InChI is InChI=1S/C13H20FN3/c1-10-3-2-6-13(7-10,9-15)17-12-5-4-11(14)8-16-12/h4-5,8,10H,2-3,6-7,9,15H2,1H3,(H,16,17). The van der Waals surface area contributed by atoms with Gasteiger partial charge in [-0.25, -0.2) is 9.37 Å². The van der Waals surface area contributed by atoms with Gasteiger partial charge in [-0.2, -0.15) is 0 Å². The summed E-state index contributed by atoms with van der Waals surface area (Å²) in [5, 5.41) is 3.40. The minimum atomic E-state index is -0.311. The molecule has 1 heterocycles. The van der Waals surface area contributed by atoms with Crippen LogP contribution < -0.4 is 11.1 Å². The van der Waals surface area contributed by atoms with Gasteiger partial charge in [0.15, 0.2) is 0 Å². The lowest BCUT2D eigenvalue weighted by Gasteiger charge is -2.40. The van der Waals surface area contributed by atoms with E-state index in [0.29, 0.717) is 18.3 Å². The second-order valence-corrected chi connectivity index (χ2v) is 5.17. The van der Waals surface area contributed by atoms with Gasteiger partial charge < -0.3 is 11.1 Å². The molecule has 2 unspecified atom stereocenters. The lowest BCUT2D eigenvalue weighted by molar-refractivity contribution is 0.263. The summed E-state index contributed by atoms with van der Waals surface area (Å²) in [5.41, 5.74) is 5.85. The van der Waals surface area contributed by atoms with Crippen molar-refractivity contribution < 1.29 is 4.39 Å². The van der Waals surface area contributed by atoms with E-state index in [1.807, 2.05) is 0 Å². The number of nitrogens with one attached hydrogen (secondary N) is 1. The molecule has 2 rings (SSSR count). The minimum absolute atomic E-state index is 0.0670. The second-order valence-electron chi connectivity index (χ2n) is 5.17. The van der Waals surface area contributed by atoms with Crippen LogP contribution in [-0.2, 0) is 0 Å². The normalized spacial score (nSPS) is 29.0. The number of aromatic nitrogens is 1. The van der Waals surface area contributed by atoms with Crippen molar-refractivity contribution in [3.05, 3.63) is 24.1 Å². The zero-order valence-electron chi connectivity index (χ0n) is 10.2. The molecule has 1 aliphatic rings. The quantitative estimate of drug-likeness (QED) is 0.849. The molecule has 0 radical (unpaired) electrons. The molecule has 2 atom stereocenters. The first-order chi connectivity index (χ1) is 8.13. The van der Waals surface area contributed by atoms with E-state index in [-0.39, 0.29) is 11.4 Å². The van der Waals surface area contributed by atoms with Crippen LogP contribution in [0.4, 0.5) is 10.2 Å². The van der Waals surface area contributed by atoms with E-state index >= 15 is 0 Å². The van der Waals surface area contributed by atoms with Crippen LogP contribution in [0.25, 0.3) is 0 Å². The molecule has 0 bridgehead atoms. The lowest BCUT2D eigenvalue weighted by atomic mass is 9.76. The highest BCUT2D eigenvalue weighted by Crippen LogP contribution is 2.33. The number of rotatable bonds is 3. The fourth-order valence-corrected chi connectivity index (χ4v) is 2.73. The topological polar surface area (TPSA) is 50.9 Å². The van der Waals surface area contributed by atoms with Gasteiger partial charge in [-0.05, 0) is 30.9 Å². The summed E-state index contributed by atoms with van der Waals surface area (Å²) in [6, 6.07) is 3.10. The molecule has 0 aromatic carbocycles. The lowest BCUT2D eigenvalue weighted by Crippen LogP contribution is -2.48. The first-order valence-electron chi connectivity index (χ1n) is 6.23. The highest BCUT2D eigenvalue weighted by atomic mass is 19.1. The number of halogens is 1. The maximum atomic E-state index is 12.8. The van der Waals surface area contributed by atoms with Crippen LogP contribution in [0.2, 0.25) is 0 Å². The molecule has 94 valence electrons. The molecule has 4 heteroatoms. The second kappa shape index (κ2) is 5.00. The Balaban J connectivity index is 2.10. The Labute approximate surface area is 102 Å². The largest absolute Gasteiger partial charge is 0.363 e. The molecule has 1 fully saturated rings. The van der Waals surface area contributed by atoms with E-state index < -0.39 is 0 Å². The maximum Gasteiger partial charge on any atom is 0.141 e. The van der Waals surface area contributed by atoms with Crippen LogP contribution in [0.5, 0.6) is 0 Å². The zero-order valence-corrected chi connectivity index (χ0v) is 10.2. The summed E-state index contributed by atoms with van der Waals surface area (Å²) in [5.74, 6) is 1.08. The monoisotopic (exact) mass is 237 g/mol. The predicted octanol–water partition coefficient (Wildman–Crippen LogP) is 2.54. The van der Waals surface area contributed by atoms with E-state index in [1.54, 1.807) is 6.07 Å². The Kier molecular flexibility index (Phi) is 3.62. The zero-order chi connectivity index (χ0) is 12.3. The molecule has 0 amide bonds. The number of anilines is 1. The van der Waals surface area contributed by atoms with Crippen LogP contribution in [0.15, 0.2) is 18.3 Å². The molecule has 3 nitrogen and oxygen atoms in total. The SMILES string of the molecule is CC1CCCC(CN)(Nc2ccc(F)cn2)C1. The highest BCUT2D eigenvalue weighted by molar-refractivity contribution is 5.37. The van der Waals surface area contributed by atoms with Gasteiger partial charge in [-0.3, -0.25) is 0 Å². The number of pyridine rings is 1. The first kappa shape index (κ1) is 12.3. The summed E-state index contributed by atoms with van der Waals surface area (Å²) >= 11 is 0. The van der Waals surface area contributed by atoms with Gasteiger partial charge in [0.05, 0.1) is 11.7 Å². The van der Waals surface area contributed by atoms with E-state index in [0.717, 1.165) is 12.8 Å². The van der Waals surface area contributed by atoms with Gasteiger partial charge in [-0.15, -0.1) is 0 Å². The van der Waals surface area contributed by atoms with Crippen molar-refractivity contribution in [1.29, 1.82) is 0 Å². The molecule has 3 N–H and O–H groups in total. The Morgan fingerprint density at radius 1 is 1.59 bits per heavy atom. The van der Waals surface area contributed by atoms with Crippen LogP contribution in [0.1, 0.15) is 32.6 Å². The molecule has 1 aromatic heterocycles. The third-order valence-corrected chi connectivity index (χ3v) is 3.60. The third-order valence-electron chi connectivity index (χ3n) is 3.60. The maximum absolute atomic E-state index is 12.8. The van der Waals surface area contributed by atoms with Gasteiger partial charge in [0.1, 0.15) is 11.6 Å². The molecular formula is C13H20FN3. The molecule has 1 aromatic rings. The van der Waals surface area contributed by atoms with Crippen molar-refractivity contribution >= 4 is 5.82 Å². The number of nitrogens with two attached hydrogens (primary N) is 1. The molecule has 1 saturated carbocycles. The Morgan fingerprint density at radius 2 is 2.41 bits per heavy atom. The average Bonchev–Trinajstić information content (AvgIpc) is 2.32. The Bertz CT molecular complexity index is 365. The van der Waals surface area contributed by atoms with Gasteiger partial charge in [0.2, 0.25) is 0 Å². The fraction of sp³-hybridized carbons (Fsp3) is 0.615. The van der Waals surface area contributed by atoms with E-state index in [2.05, 4.69) is 17.2 Å². The summed E-state index contributed by atoms with van der Waals surface area (Å²) in [6.45, 7) is 2.85. The van der Waals surface area contributed by atoms with E-state index in [9.17, 15) is 4.39 Å².